The molecular weight excluding hydrogens is 264 g/mol. The third kappa shape index (κ3) is 5.52. The maximum atomic E-state index is 12.0. The van der Waals surface area contributed by atoms with Gasteiger partial charge in [-0.1, -0.05) is 0 Å². The number of ether oxygens (including phenoxy) is 1. The normalized spacial score (nSPS) is 22.5. The molecule has 1 aliphatic heterocycles. The highest BCUT2D eigenvalue weighted by Crippen LogP contribution is 2.10. The summed E-state index contributed by atoms with van der Waals surface area (Å²) in [4.78, 5) is 0. The third-order valence-corrected chi connectivity index (χ3v) is 4.53. The molecule has 0 amide bonds. The number of nitrogens with zero attached hydrogens (tertiary/aromatic N) is 1. The molecule has 1 heterocycles. The minimum atomic E-state index is -3.16. The standard InChI is InChI=1S/C10H22N2O3S.ClH/c1-9(2)15-6-7-16(13,14)12-5-4-11-8-10(12)3;/h9-11H,4-8H2,1-3H3;1H/t10-;/m1./s1. The Morgan fingerprint density at radius 3 is 2.65 bits per heavy atom. The Kier molecular flexibility index (Phi) is 7.58. The van der Waals surface area contributed by atoms with Crippen molar-refractivity contribution in [2.75, 3.05) is 32.0 Å². The van der Waals surface area contributed by atoms with E-state index in [9.17, 15) is 8.42 Å². The number of rotatable bonds is 5. The van der Waals surface area contributed by atoms with E-state index in [1.165, 1.54) is 0 Å². The molecule has 1 N–H and O–H groups in total. The third-order valence-electron chi connectivity index (χ3n) is 2.59. The maximum absolute atomic E-state index is 12.0. The molecule has 5 nitrogen and oxygen atoms in total. The van der Waals surface area contributed by atoms with Crippen LogP contribution in [-0.2, 0) is 14.8 Å². The average molecular weight is 287 g/mol. The molecule has 1 saturated heterocycles. The molecule has 1 rings (SSSR count). The number of hydrogen-bond donors (Lipinski definition) is 1. The Morgan fingerprint density at radius 2 is 2.12 bits per heavy atom. The summed E-state index contributed by atoms with van der Waals surface area (Å²) in [6.07, 6.45) is 0.0793. The Labute approximate surface area is 110 Å². The lowest BCUT2D eigenvalue weighted by Gasteiger charge is -2.32. The van der Waals surface area contributed by atoms with Gasteiger partial charge in [-0.25, -0.2) is 8.42 Å². The molecule has 104 valence electrons. The summed E-state index contributed by atoms with van der Waals surface area (Å²) in [6, 6.07) is 0.0396. The summed E-state index contributed by atoms with van der Waals surface area (Å²) in [5.41, 5.74) is 0. The molecule has 1 atom stereocenters. The first-order chi connectivity index (χ1) is 7.43. The summed E-state index contributed by atoms with van der Waals surface area (Å²) >= 11 is 0. The fraction of sp³-hybridized carbons (Fsp3) is 1.00. The van der Waals surface area contributed by atoms with Gasteiger partial charge in [0.15, 0.2) is 0 Å². The van der Waals surface area contributed by atoms with Gasteiger partial charge in [-0.05, 0) is 20.8 Å². The van der Waals surface area contributed by atoms with Gasteiger partial charge in [-0.15, -0.1) is 12.4 Å². The molecular formula is C10H23ClN2O3S. The molecule has 0 aromatic rings. The van der Waals surface area contributed by atoms with Crippen molar-refractivity contribution in [3.63, 3.8) is 0 Å². The zero-order chi connectivity index (χ0) is 12.2. The number of piperazine rings is 1. The first-order valence-electron chi connectivity index (χ1n) is 5.75. The van der Waals surface area contributed by atoms with Crippen molar-refractivity contribution in [3.05, 3.63) is 0 Å². The van der Waals surface area contributed by atoms with E-state index in [1.807, 2.05) is 20.8 Å². The zero-order valence-corrected chi connectivity index (χ0v) is 12.3. The van der Waals surface area contributed by atoms with Crippen LogP contribution in [-0.4, -0.2) is 56.9 Å². The van der Waals surface area contributed by atoms with Gasteiger partial charge in [0.2, 0.25) is 10.0 Å². The van der Waals surface area contributed by atoms with Crippen LogP contribution in [0.5, 0.6) is 0 Å². The molecule has 0 aromatic heterocycles. The average Bonchev–Trinajstić information content (AvgIpc) is 2.17. The van der Waals surface area contributed by atoms with Crippen LogP contribution in [0.3, 0.4) is 0 Å². The number of hydrogen-bond acceptors (Lipinski definition) is 4. The predicted octanol–water partition coefficient (Wildman–Crippen LogP) is 0.457. The topological polar surface area (TPSA) is 58.6 Å². The highest BCUT2D eigenvalue weighted by atomic mass is 35.5. The summed E-state index contributed by atoms with van der Waals surface area (Å²) in [5, 5.41) is 3.17. The van der Waals surface area contributed by atoms with Crippen molar-refractivity contribution in [3.8, 4) is 0 Å². The SMILES string of the molecule is CC(C)OCCS(=O)(=O)N1CCNC[C@H]1C.Cl. The largest absolute Gasteiger partial charge is 0.378 e. The summed E-state index contributed by atoms with van der Waals surface area (Å²) in [5.74, 6) is 0.0789. The minimum Gasteiger partial charge on any atom is -0.378 e. The van der Waals surface area contributed by atoms with Crippen molar-refractivity contribution in [2.24, 2.45) is 0 Å². The fourth-order valence-electron chi connectivity index (χ4n) is 1.74. The van der Waals surface area contributed by atoms with Gasteiger partial charge < -0.3 is 10.1 Å². The van der Waals surface area contributed by atoms with E-state index in [2.05, 4.69) is 5.32 Å². The lowest BCUT2D eigenvalue weighted by molar-refractivity contribution is 0.0904. The van der Waals surface area contributed by atoms with Gasteiger partial charge in [0, 0.05) is 25.7 Å². The molecule has 0 aromatic carbocycles. The summed E-state index contributed by atoms with van der Waals surface area (Å²) in [6.45, 7) is 8.02. The van der Waals surface area contributed by atoms with E-state index in [4.69, 9.17) is 4.74 Å². The van der Waals surface area contributed by atoms with Gasteiger partial charge in [-0.2, -0.15) is 4.31 Å². The van der Waals surface area contributed by atoms with E-state index >= 15 is 0 Å². The lowest BCUT2D eigenvalue weighted by Crippen LogP contribution is -2.53. The van der Waals surface area contributed by atoms with Gasteiger partial charge in [0.05, 0.1) is 18.5 Å². The van der Waals surface area contributed by atoms with Crippen LogP contribution in [0.15, 0.2) is 0 Å². The van der Waals surface area contributed by atoms with Gasteiger partial charge >= 0.3 is 0 Å². The molecule has 0 saturated carbocycles. The zero-order valence-electron chi connectivity index (χ0n) is 10.7. The van der Waals surface area contributed by atoms with E-state index in [1.54, 1.807) is 4.31 Å². The van der Waals surface area contributed by atoms with Crippen molar-refractivity contribution in [2.45, 2.75) is 32.9 Å². The van der Waals surface area contributed by atoms with Crippen LogP contribution in [0, 0.1) is 0 Å². The molecule has 0 spiro atoms. The predicted molar refractivity (Wildman–Crippen MR) is 71.2 cm³/mol. The molecule has 0 radical (unpaired) electrons. The molecule has 0 unspecified atom stereocenters. The fourth-order valence-corrected chi connectivity index (χ4v) is 3.28. The number of sulfonamides is 1. The molecule has 0 aliphatic carbocycles. The second-order valence-electron chi connectivity index (χ2n) is 4.40. The Morgan fingerprint density at radius 1 is 1.47 bits per heavy atom. The molecule has 17 heavy (non-hydrogen) atoms. The van der Waals surface area contributed by atoms with E-state index < -0.39 is 10.0 Å². The van der Waals surface area contributed by atoms with Crippen molar-refractivity contribution in [1.82, 2.24) is 9.62 Å². The van der Waals surface area contributed by atoms with E-state index in [-0.39, 0.29) is 36.9 Å². The second-order valence-corrected chi connectivity index (χ2v) is 6.44. The number of halogens is 1. The van der Waals surface area contributed by atoms with E-state index in [0.29, 0.717) is 6.54 Å². The number of nitrogens with one attached hydrogen (secondary N) is 1. The van der Waals surface area contributed by atoms with Gasteiger partial charge in [-0.3, -0.25) is 0 Å². The van der Waals surface area contributed by atoms with Crippen molar-refractivity contribution >= 4 is 22.4 Å². The highest BCUT2D eigenvalue weighted by molar-refractivity contribution is 7.89. The highest BCUT2D eigenvalue weighted by Gasteiger charge is 2.28. The van der Waals surface area contributed by atoms with Crippen LogP contribution in [0.1, 0.15) is 20.8 Å². The summed E-state index contributed by atoms with van der Waals surface area (Å²) in [7, 11) is -3.16. The monoisotopic (exact) mass is 286 g/mol. The van der Waals surface area contributed by atoms with Gasteiger partial charge in [0.1, 0.15) is 0 Å². The van der Waals surface area contributed by atoms with Gasteiger partial charge in [0.25, 0.3) is 0 Å². The molecule has 1 aliphatic rings. The minimum absolute atomic E-state index is 0. The smallest absolute Gasteiger partial charge is 0.216 e. The first-order valence-corrected chi connectivity index (χ1v) is 7.36. The Balaban J connectivity index is 0.00000256. The van der Waals surface area contributed by atoms with Crippen LogP contribution in [0.4, 0.5) is 0 Å². The summed E-state index contributed by atoms with van der Waals surface area (Å²) < 4.78 is 30.9. The Bertz CT molecular complexity index is 309. The lowest BCUT2D eigenvalue weighted by atomic mass is 10.3. The van der Waals surface area contributed by atoms with Crippen LogP contribution >= 0.6 is 12.4 Å². The van der Waals surface area contributed by atoms with Crippen molar-refractivity contribution in [1.29, 1.82) is 0 Å². The van der Waals surface area contributed by atoms with E-state index in [0.717, 1.165) is 13.1 Å². The van der Waals surface area contributed by atoms with Crippen LogP contribution in [0.2, 0.25) is 0 Å². The quantitative estimate of drug-likeness (QED) is 0.798. The first kappa shape index (κ1) is 17.1. The Hall–Kier alpha value is 0.120. The second kappa shape index (κ2) is 7.53. The molecule has 7 heteroatoms. The van der Waals surface area contributed by atoms with Crippen LogP contribution in [0.25, 0.3) is 0 Å². The molecule has 1 fully saturated rings. The van der Waals surface area contributed by atoms with Crippen LogP contribution < -0.4 is 5.32 Å². The molecule has 0 bridgehead atoms. The van der Waals surface area contributed by atoms with Crippen molar-refractivity contribution < 1.29 is 13.2 Å². The maximum Gasteiger partial charge on any atom is 0.216 e.